The van der Waals surface area contributed by atoms with Crippen LogP contribution in [-0.4, -0.2) is 14.2 Å². The van der Waals surface area contributed by atoms with Crippen molar-refractivity contribution in [3.05, 3.63) is 58.1 Å². The Balaban J connectivity index is 2.31. The monoisotopic (exact) mass is 344 g/mol. The predicted molar refractivity (Wildman–Crippen MR) is 80.7 cm³/mol. The molecule has 0 heterocycles. The summed E-state index contributed by atoms with van der Waals surface area (Å²) >= 11 is 11.6. The fraction of sp³-hybridized carbons (Fsp3) is 0.0714. The number of rotatable bonds is 4. The molecule has 0 aliphatic heterocycles. The second-order valence-electron chi connectivity index (χ2n) is 4.19. The first-order chi connectivity index (χ1) is 9.79. The Hall–Kier alpha value is -1.56. The molecule has 0 atom stereocenters. The number of hydrogen-bond donors (Lipinski definition) is 0. The summed E-state index contributed by atoms with van der Waals surface area (Å²) in [4.78, 5) is 11.1. The maximum absolute atomic E-state index is 12.1. The lowest BCUT2D eigenvalue weighted by molar-refractivity contribution is 0.101. The standard InChI is InChI=1S/C14H10Cl2O4S/c1-9(17)10-2-5-12(6-3-10)21(18,19)20-14-7-4-11(15)8-13(14)16/h2-8H,1H3. The summed E-state index contributed by atoms with van der Waals surface area (Å²) in [5.41, 5.74) is 0.415. The molecular weight excluding hydrogens is 335 g/mol. The van der Waals surface area contributed by atoms with Gasteiger partial charge in [0.1, 0.15) is 4.90 Å². The topological polar surface area (TPSA) is 60.4 Å². The molecule has 21 heavy (non-hydrogen) atoms. The van der Waals surface area contributed by atoms with Gasteiger partial charge in [-0.05, 0) is 37.3 Å². The highest BCUT2D eigenvalue weighted by Gasteiger charge is 2.18. The van der Waals surface area contributed by atoms with E-state index in [1.54, 1.807) is 0 Å². The summed E-state index contributed by atoms with van der Waals surface area (Å²) in [5, 5.41) is 0.460. The van der Waals surface area contributed by atoms with Crippen molar-refractivity contribution < 1.29 is 17.4 Å². The molecule has 0 unspecified atom stereocenters. The number of ketones is 1. The Bertz CT molecular complexity index is 783. The zero-order chi connectivity index (χ0) is 15.6. The van der Waals surface area contributed by atoms with Gasteiger partial charge in [0.25, 0.3) is 0 Å². The molecule has 2 aromatic rings. The molecule has 2 rings (SSSR count). The minimum absolute atomic E-state index is 0.0169. The van der Waals surface area contributed by atoms with Gasteiger partial charge in [0.15, 0.2) is 11.5 Å². The van der Waals surface area contributed by atoms with Gasteiger partial charge in [-0.1, -0.05) is 35.3 Å². The smallest absolute Gasteiger partial charge is 0.339 e. The van der Waals surface area contributed by atoms with Gasteiger partial charge in [0.2, 0.25) is 0 Å². The third-order valence-electron chi connectivity index (χ3n) is 2.64. The van der Waals surface area contributed by atoms with Crippen LogP contribution in [0.3, 0.4) is 0 Å². The maximum atomic E-state index is 12.1. The summed E-state index contributed by atoms with van der Waals surface area (Å²) in [6.07, 6.45) is 0. The van der Waals surface area contributed by atoms with Crippen molar-refractivity contribution in [3.63, 3.8) is 0 Å². The Morgan fingerprint density at radius 2 is 1.67 bits per heavy atom. The van der Waals surface area contributed by atoms with Gasteiger partial charge in [0, 0.05) is 10.6 Å². The van der Waals surface area contributed by atoms with Crippen molar-refractivity contribution in [3.8, 4) is 5.75 Å². The number of halogens is 2. The third kappa shape index (κ3) is 3.75. The lowest BCUT2D eigenvalue weighted by Gasteiger charge is -2.09. The molecule has 0 N–H and O–H groups in total. The quantitative estimate of drug-likeness (QED) is 0.622. The summed E-state index contributed by atoms with van der Waals surface area (Å²) < 4.78 is 29.2. The lowest BCUT2D eigenvalue weighted by atomic mass is 10.2. The molecule has 2 aromatic carbocycles. The van der Waals surface area contributed by atoms with E-state index in [2.05, 4.69) is 0 Å². The van der Waals surface area contributed by atoms with Crippen molar-refractivity contribution in [2.45, 2.75) is 11.8 Å². The molecule has 0 radical (unpaired) electrons. The third-order valence-corrected chi connectivity index (χ3v) is 4.42. The fourth-order valence-corrected chi connectivity index (χ4v) is 3.01. The van der Waals surface area contributed by atoms with Gasteiger partial charge in [0.05, 0.1) is 5.02 Å². The Kier molecular flexibility index (Phi) is 4.56. The molecule has 0 bridgehead atoms. The minimum atomic E-state index is -4.03. The number of hydrogen-bond acceptors (Lipinski definition) is 4. The summed E-state index contributed by atoms with van der Waals surface area (Å²) in [6, 6.07) is 9.66. The van der Waals surface area contributed by atoms with Crippen LogP contribution in [0.5, 0.6) is 5.75 Å². The summed E-state index contributed by atoms with van der Waals surface area (Å²) in [7, 11) is -4.03. The van der Waals surface area contributed by atoms with E-state index < -0.39 is 10.1 Å². The number of carbonyl (C=O) groups is 1. The number of Topliss-reactive ketones (excluding diaryl/α,β-unsaturated/α-hetero) is 1. The molecule has 0 saturated carbocycles. The first-order valence-electron chi connectivity index (χ1n) is 5.80. The van der Waals surface area contributed by atoms with Crippen molar-refractivity contribution in [1.29, 1.82) is 0 Å². The van der Waals surface area contributed by atoms with Gasteiger partial charge in [-0.25, -0.2) is 0 Å². The average molecular weight is 345 g/mol. The first kappa shape index (κ1) is 15.8. The van der Waals surface area contributed by atoms with E-state index in [9.17, 15) is 13.2 Å². The van der Waals surface area contributed by atoms with Crippen LogP contribution in [0.25, 0.3) is 0 Å². The van der Waals surface area contributed by atoms with Crippen LogP contribution in [0, 0.1) is 0 Å². The van der Waals surface area contributed by atoms with Crippen LogP contribution in [0.4, 0.5) is 0 Å². The van der Waals surface area contributed by atoms with E-state index in [-0.39, 0.29) is 21.5 Å². The van der Waals surface area contributed by atoms with Crippen molar-refractivity contribution in [1.82, 2.24) is 0 Å². The van der Waals surface area contributed by atoms with E-state index in [0.29, 0.717) is 10.6 Å². The number of carbonyl (C=O) groups excluding carboxylic acids is 1. The Labute approximate surface area is 132 Å². The molecule has 7 heteroatoms. The molecule has 0 fully saturated rings. The van der Waals surface area contributed by atoms with Crippen LogP contribution in [0.1, 0.15) is 17.3 Å². The molecule has 0 aliphatic rings. The van der Waals surface area contributed by atoms with Crippen LogP contribution in [0.2, 0.25) is 10.0 Å². The highest BCUT2D eigenvalue weighted by Crippen LogP contribution is 2.30. The van der Waals surface area contributed by atoms with Crippen LogP contribution < -0.4 is 4.18 Å². The van der Waals surface area contributed by atoms with Crippen LogP contribution >= 0.6 is 23.2 Å². The van der Waals surface area contributed by atoms with E-state index in [1.165, 1.54) is 49.4 Å². The fourth-order valence-electron chi connectivity index (χ4n) is 1.57. The summed E-state index contributed by atoms with van der Waals surface area (Å²) in [5.74, 6) is -0.169. The largest absolute Gasteiger partial charge is 0.377 e. The first-order valence-corrected chi connectivity index (χ1v) is 7.96. The molecule has 110 valence electrons. The van der Waals surface area contributed by atoms with Gasteiger partial charge >= 0.3 is 10.1 Å². The molecule has 0 spiro atoms. The highest BCUT2D eigenvalue weighted by atomic mass is 35.5. The predicted octanol–water partition coefficient (Wildman–Crippen LogP) is 3.96. The molecule has 4 nitrogen and oxygen atoms in total. The van der Waals surface area contributed by atoms with Gasteiger partial charge in [-0.15, -0.1) is 0 Å². The second kappa shape index (κ2) is 6.05. The maximum Gasteiger partial charge on any atom is 0.339 e. The van der Waals surface area contributed by atoms with E-state index in [4.69, 9.17) is 27.4 Å². The lowest BCUT2D eigenvalue weighted by Crippen LogP contribution is -2.10. The normalized spacial score (nSPS) is 11.2. The zero-order valence-electron chi connectivity index (χ0n) is 10.8. The SMILES string of the molecule is CC(=O)c1ccc(S(=O)(=O)Oc2ccc(Cl)cc2Cl)cc1. The van der Waals surface area contributed by atoms with Crippen molar-refractivity contribution in [2.75, 3.05) is 0 Å². The Morgan fingerprint density at radius 3 is 2.19 bits per heavy atom. The molecule has 0 aromatic heterocycles. The van der Waals surface area contributed by atoms with Crippen LogP contribution in [0.15, 0.2) is 47.4 Å². The molecule has 0 amide bonds. The Morgan fingerprint density at radius 1 is 1.05 bits per heavy atom. The van der Waals surface area contributed by atoms with Crippen LogP contribution in [-0.2, 0) is 10.1 Å². The highest BCUT2D eigenvalue weighted by molar-refractivity contribution is 7.87. The second-order valence-corrected chi connectivity index (χ2v) is 6.58. The van der Waals surface area contributed by atoms with E-state index in [1.807, 2.05) is 0 Å². The van der Waals surface area contributed by atoms with Gasteiger partial charge in [-0.2, -0.15) is 8.42 Å². The average Bonchev–Trinajstić information content (AvgIpc) is 2.42. The molecular formula is C14H10Cl2O4S. The van der Waals surface area contributed by atoms with Gasteiger partial charge < -0.3 is 4.18 Å². The van der Waals surface area contributed by atoms with E-state index in [0.717, 1.165) is 0 Å². The van der Waals surface area contributed by atoms with Gasteiger partial charge in [-0.3, -0.25) is 4.79 Å². The van der Waals surface area contributed by atoms with E-state index >= 15 is 0 Å². The molecule has 0 aliphatic carbocycles. The van der Waals surface area contributed by atoms with Crippen molar-refractivity contribution >= 4 is 39.1 Å². The zero-order valence-corrected chi connectivity index (χ0v) is 13.2. The summed E-state index contributed by atoms with van der Waals surface area (Å²) in [6.45, 7) is 1.40. The molecule has 0 saturated heterocycles. The van der Waals surface area contributed by atoms with Crippen molar-refractivity contribution in [2.24, 2.45) is 0 Å². The number of benzene rings is 2. The minimum Gasteiger partial charge on any atom is -0.377 e.